The Morgan fingerprint density at radius 3 is 2.72 bits per heavy atom. The summed E-state index contributed by atoms with van der Waals surface area (Å²) >= 11 is 6.06. The Kier molecular flexibility index (Phi) is 6.12. The molecule has 0 saturated carbocycles. The summed E-state index contributed by atoms with van der Waals surface area (Å²) in [5.74, 6) is -0.195. The van der Waals surface area contributed by atoms with Crippen LogP contribution in [0.1, 0.15) is 12.5 Å². The first-order valence-electron chi connectivity index (χ1n) is 5.85. The smallest absolute Gasteiger partial charge is 0.250 e. The van der Waals surface area contributed by atoms with Crippen molar-refractivity contribution in [3.05, 3.63) is 34.9 Å². The molecule has 0 aliphatic heterocycles. The van der Waals surface area contributed by atoms with Gasteiger partial charge in [-0.15, -0.1) is 0 Å². The van der Waals surface area contributed by atoms with E-state index in [9.17, 15) is 4.79 Å². The zero-order valence-corrected chi connectivity index (χ0v) is 11.4. The third-order valence-electron chi connectivity index (χ3n) is 2.66. The highest BCUT2D eigenvalue weighted by Crippen LogP contribution is 2.16. The molecule has 0 aliphatic rings. The van der Waals surface area contributed by atoms with Gasteiger partial charge in [0.05, 0.1) is 0 Å². The van der Waals surface area contributed by atoms with Crippen LogP contribution in [-0.4, -0.2) is 31.7 Å². The number of nitrogens with one attached hydrogen (secondary N) is 1. The average Bonchev–Trinajstić information content (AvgIpc) is 2.33. The number of amides is 1. The first kappa shape index (κ1) is 15.0. The number of halogens is 1. The molecule has 0 aliphatic carbocycles. The number of ether oxygens (including phenoxy) is 1. The van der Waals surface area contributed by atoms with Crippen LogP contribution in [-0.2, 0) is 16.0 Å². The van der Waals surface area contributed by atoms with Gasteiger partial charge in [-0.25, -0.2) is 0 Å². The van der Waals surface area contributed by atoms with Crippen LogP contribution in [0.3, 0.4) is 0 Å². The molecule has 5 heteroatoms. The molecule has 18 heavy (non-hydrogen) atoms. The van der Waals surface area contributed by atoms with Crippen molar-refractivity contribution in [2.24, 2.45) is 5.73 Å². The van der Waals surface area contributed by atoms with E-state index in [1.54, 1.807) is 0 Å². The lowest BCUT2D eigenvalue weighted by Gasteiger charge is -2.18. The molecule has 4 nitrogen and oxygen atoms in total. The molecular formula is C13H19ClN2O2. The van der Waals surface area contributed by atoms with Crippen molar-refractivity contribution in [2.45, 2.75) is 25.5 Å². The lowest BCUT2D eigenvalue weighted by atomic mass is 10.1. The highest BCUT2D eigenvalue weighted by atomic mass is 35.5. The third-order valence-corrected chi connectivity index (χ3v) is 3.03. The zero-order valence-electron chi connectivity index (χ0n) is 10.7. The summed E-state index contributed by atoms with van der Waals surface area (Å²) in [5.41, 5.74) is 6.44. The van der Waals surface area contributed by atoms with Gasteiger partial charge in [-0.05, 0) is 25.0 Å². The molecule has 2 unspecified atom stereocenters. The van der Waals surface area contributed by atoms with Gasteiger partial charge in [0.1, 0.15) is 6.10 Å². The van der Waals surface area contributed by atoms with E-state index in [0.717, 1.165) is 5.56 Å². The number of carbonyl (C=O) groups is 1. The Labute approximate surface area is 112 Å². The second-order valence-electron chi connectivity index (χ2n) is 4.17. The molecule has 0 saturated heterocycles. The molecule has 0 aromatic heterocycles. The Morgan fingerprint density at radius 2 is 2.17 bits per heavy atom. The van der Waals surface area contributed by atoms with Crippen LogP contribution < -0.4 is 11.1 Å². The van der Waals surface area contributed by atoms with Crippen molar-refractivity contribution >= 4 is 17.5 Å². The van der Waals surface area contributed by atoms with Crippen molar-refractivity contribution < 1.29 is 9.53 Å². The molecule has 2 atom stereocenters. The average molecular weight is 271 g/mol. The number of methoxy groups -OCH3 is 1. The number of hydrogen-bond acceptors (Lipinski definition) is 3. The fraction of sp³-hybridized carbons (Fsp3) is 0.462. The van der Waals surface area contributed by atoms with Gasteiger partial charge in [0.2, 0.25) is 0 Å². The summed E-state index contributed by atoms with van der Waals surface area (Å²) in [6.07, 6.45) is 0.0746. The van der Waals surface area contributed by atoms with Gasteiger partial charge in [-0.2, -0.15) is 0 Å². The van der Waals surface area contributed by atoms with Gasteiger partial charge in [-0.1, -0.05) is 29.8 Å². The maximum absolute atomic E-state index is 11.7. The highest BCUT2D eigenvalue weighted by Gasteiger charge is 2.18. The number of hydrogen-bond donors (Lipinski definition) is 2. The summed E-state index contributed by atoms with van der Waals surface area (Å²) in [5, 5.41) is 3.56. The number of rotatable bonds is 6. The number of benzene rings is 1. The van der Waals surface area contributed by atoms with Crippen LogP contribution in [0, 0.1) is 0 Å². The Morgan fingerprint density at radius 1 is 1.50 bits per heavy atom. The summed E-state index contributed by atoms with van der Waals surface area (Å²) in [6, 6.07) is 7.56. The number of nitrogens with two attached hydrogens (primary N) is 1. The van der Waals surface area contributed by atoms with Gasteiger partial charge >= 0.3 is 0 Å². The van der Waals surface area contributed by atoms with E-state index >= 15 is 0 Å². The van der Waals surface area contributed by atoms with Gasteiger partial charge in [0.15, 0.2) is 0 Å². The Balaban J connectivity index is 2.54. The minimum absolute atomic E-state index is 0.0263. The first-order valence-corrected chi connectivity index (χ1v) is 6.23. The predicted octanol–water partition coefficient (Wildman–Crippen LogP) is 1.36. The first-order chi connectivity index (χ1) is 8.58. The van der Waals surface area contributed by atoms with Crippen LogP contribution in [0.2, 0.25) is 5.02 Å². The second-order valence-corrected chi connectivity index (χ2v) is 4.57. The molecule has 0 heterocycles. The molecule has 1 aromatic rings. The maximum Gasteiger partial charge on any atom is 0.250 e. The topological polar surface area (TPSA) is 64.3 Å². The Bertz CT molecular complexity index is 394. The summed E-state index contributed by atoms with van der Waals surface area (Å²) in [6.45, 7) is 2.09. The van der Waals surface area contributed by atoms with Crippen molar-refractivity contribution in [1.82, 2.24) is 5.32 Å². The molecule has 1 amide bonds. The van der Waals surface area contributed by atoms with Crippen LogP contribution in [0.5, 0.6) is 0 Å². The summed E-state index contributed by atoms with van der Waals surface area (Å²) in [4.78, 5) is 11.7. The standard InChI is InChI=1S/C13H19ClN2O2/c1-9(16-13(17)12(8-15)18-2)7-10-5-3-4-6-11(10)14/h3-6,9,12H,7-8,15H2,1-2H3,(H,16,17). The van der Waals surface area contributed by atoms with E-state index in [2.05, 4.69) is 5.32 Å². The zero-order chi connectivity index (χ0) is 13.5. The van der Waals surface area contributed by atoms with E-state index in [1.165, 1.54) is 7.11 Å². The van der Waals surface area contributed by atoms with Gasteiger partial charge in [0.25, 0.3) is 5.91 Å². The van der Waals surface area contributed by atoms with Crippen LogP contribution in [0.4, 0.5) is 0 Å². The van der Waals surface area contributed by atoms with E-state index in [-0.39, 0.29) is 18.5 Å². The second kappa shape index (κ2) is 7.36. The monoisotopic (exact) mass is 270 g/mol. The lowest BCUT2D eigenvalue weighted by molar-refractivity contribution is -0.131. The van der Waals surface area contributed by atoms with E-state index in [4.69, 9.17) is 22.1 Å². The fourth-order valence-electron chi connectivity index (χ4n) is 1.69. The van der Waals surface area contributed by atoms with Crippen molar-refractivity contribution in [2.75, 3.05) is 13.7 Å². The van der Waals surface area contributed by atoms with Crippen molar-refractivity contribution in [3.8, 4) is 0 Å². The van der Waals surface area contributed by atoms with Gasteiger partial charge in [-0.3, -0.25) is 4.79 Å². The molecule has 100 valence electrons. The molecule has 0 spiro atoms. The van der Waals surface area contributed by atoms with Crippen molar-refractivity contribution in [3.63, 3.8) is 0 Å². The summed E-state index contributed by atoms with van der Waals surface area (Å²) < 4.78 is 4.97. The fourth-order valence-corrected chi connectivity index (χ4v) is 1.90. The SMILES string of the molecule is COC(CN)C(=O)NC(C)Cc1ccccc1Cl. The maximum atomic E-state index is 11.7. The molecule has 0 radical (unpaired) electrons. The highest BCUT2D eigenvalue weighted by molar-refractivity contribution is 6.31. The summed E-state index contributed by atoms with van der Waals surface area (Å²) in [7, 11) is 1.47. The van der Waals surface area contributed by atoms with E-state index in [1.807, 2.05) is 31.2 Å². The molecule has 0 bridgehead atoms. The van der Waals surface area contributed by atoms with Crippen LogP contribution >= 0.6 is 11.6 Å². The molecule has 1 rings (SSSR count). The van der Waals surface area contributed by atoms with E-state index < -0.39 is 6.10 Å². The number of carbonyl (C=O) groups excluding carboxylic acids is 1. The normalized spacial score (nSPS) is 14.0. The molecular weight excluding hydrogens is 252 g/mol. The predicted molar refractivity (Wildman–Crippen MR) is 72.6 cm³/mol. The molecule has 3 N–H and O–H groups in total. The van der Waals surface area contributed by atoms with Crippen LogP contribution in [0.15, 0.2) is 24.3 Å². The van der Waals surface area contributed by atoms with Gasteiger partial charge in [0, 0.05) is 24.7 Å². The lowest BCUT2D eigenvalue weighted by Crippen LogP contribution is -2.44. The minimum atomic E-state index is -0.598. The quantitative estimate of drug-likeness (QED) is 0.820. The molecule has 1 aromatic carbocycles. The van der Waals surface area contributed by atoms with Crippen molar-refractivity contribution in [1.29, 1.82) is 0 Å². The van der Waals surface area contributed by atoms with E-state index in [0.29, 0.717) is 11.4 Å². The van der Waals surface area contributed by atoms with Crippen LogP contribution in [0.25, 0.3) is 0 Å². The largest absolute Gasteiger partial charge is 0.370 e. The minimum Gasteiger partial charge on any atom is -0.370 e. The van der Waals surface area contributed by atoms with Gasteiger partial charge < -0.3 is 15.8 Å². The third kappa shape index (κ3) is 4.29. The molecule has 0 fully saturated rings. The Hall–Kier alpha value is -1.10.